The molecule has 0 atom stereocenters. The zero-order chi connectivity index (χ0) is 43.6. The molecule has 13 aromatic rings. The molecule has 2 nitrogen and oxygen atoms in total. The van der Waals surface area contributed by atoms with Gasteiger partial charge in [-0.15, -0.1) is 0 Å². The summed E-state index contributed by atoms with van der Waals surface area (Å²) < 4.78 is 2.50. The Morgan fingerprint density at radius 3 is 1.44 bits per heavy atom. The van der Waals surface area contributed by atoms with Crippen LogP contribution in [0.3, 0.4) is 0 Å². The van der Waals surface area contributed by atoms with Gasteiger partial charge in [-0.3, -0.25) is 0 Å². The van der Waals surface area contributed by atoms with Gasteiger partial charge in [-0.05, 0) is 132 Å². The quantitative estimate of drug-likeness (QED) is 0.145. The lowest BCUT2D eigenvalue weighted by Gasteiger charge is -2.26. The molecule has 2 heteroatoms. The van der Waals surface area contributed by atoms with Gasteiger partial charge in [0, 0.05) is 38.9 Å². The van der Waals surface area contributed by atoms with Crippen LogP contribution in [0.4, 0.5) is 17.1 Å². The van der Waals surface area contributed by atoms with Crippen LogP contribution in [-0.4, -0.2) is 4.57 Å². The maximum absolute atomic E-state index is 2.50. The standard InChI is InChI=1S/C64H42N2/c1-4-17-43(18-5-1)45-31-34-50(35-32-45)65(51-25-16-22-46(39-51)44-19-6-2-7-20-44)52-36-38-59-62(42-52)66(49-23-8-3-9-24-49)64-53-26-11-10-21-47(53)40-60(63(59)64)48-33-37-58-56-29-13-12-27-54(56)55-28-14-15-30-57(55)61(58)41-48/h1-42H. The van der Waals surface area contributed by atoms with Crippen molar-refractivity contribution >= 4 is 82.0 Å². The predicted octanol–water partition coefficient (Wildman–Crippen LogP) is 17.9. The molecular formula is C64H42N2. The van der Waals surface area contributed by atoms with Gasteiger partial charge in [-0.2, -0.15) is 0 Å². The first kappa shape index (κ1) is 37.8. The normalized spacial score (nSPS) is 11.6. The van der Waals surface area contributed by atoms with Crippen molar-refractivity contribution in [3.8, 4) is 39.1 Å². The zero-order valence-corrected chi connectivity index (χ0v) is 36.1. The minimum absolute atomic E-state index is 1.08. The maximum Gasteiger partial charge on any atom is 0.0625 e. The predicted molar refractivity (Wildman–Crippen MR) is 282 cm³/mol. The number of hydrogen-bond donors (Lipinski definition) is 0. The number of fused-ring (bicyclic) bond motifs is 11. The van der Waals surface area contributed by atoms with Gasteiger partial charge < -0.3 is 9.47 Å². The van der Waals surface area contributed by atoms with E-state index in [0.717, 1.165) is 28.3 Å². The van der Waals surface area contributed by atoms with Gasteiger partial charge >= 0.3 is 0 Å². The molecule has 0 radical (unpaired) electrons. The van der Waals surface area contributed by atoms with Gasteiger partial charge in [0.05, 0.1) is 11.0 Å². The summed E-state index contributed by atoms with van der Waals surface area (Å²) in [4.78, 5) is 2.41. The molecule has 0 aliphatic carbocycles. The van der Waals surface area contributed by atoms with Crippen LogP contribution < -0.4 is 4.90 Å². The maximum atomic E-state index is 2.50. The third-order valence-corrected chi connectivity index (χ3v) is 13.5. The van der Waals surface area contributed by atoms with Crippen molar-refractivity contribution in [1.82, 2.24) is 4.57 Å². The van der Waals surface area contributed by atoms with E-state index in [-0.39, 0.29) is 0 Å². The average molecular weight is 839 g/mol. The molecule has 1 heterocycles. The summed E-state index contributed by atoms with van der Waals surface area (Å²) in [5, 5.41) is 12.5. The van der Waals surface area contributed by atoms with Crippen LogP contribution in [0.15, 0.2) is 255 Å². The van der Waals surface area contributed by atoms with E-state index >= 15 is 0 Å². The number of hydrogen-bond acceptors (Lipinski definition) is 1. The Balaban J connectivity index is 1.09. The van der Waals surface area contributed by atoms with Gasteiger partial charge in [-0.25, -0.2) is 0 Å². The van der Waals surface area contributed by atoms with E-state index in [2.05, 4.69) is 264 Å². The van der Waals surface area contributed by atoms with Gasteiger partial charge in [0.25, 0.3) is 0 Å². The first-order valence-electron chi connectivity index (χ1n) is 22.8. The van der Waals surface area contributed by atoms with Crippen LogP contribution in [0.2, 0.25) is 0 Å². The molecule has 0 aliphatic rings. The Morgan fingerprint density at radius 1 is 0.273 bits per heavy atom. The Bertz CT molecular complexity index is 3930. The number of aromatic nitrogens is 1. The summed E-state index contributed by atoms with van der Waals surface area (Å²) in [5.74, 6) is 0. The van der Waals surface area contributed by atoms with E-state index in [1.165, 1.54) is 92.8 Å². The Labute approximate surface area is 383 Å². The molecule has 0 bridgehead atoms. The SMILES string of the molecule is c1ccc(-c2ccc(N(c3cccc(-c4ccccc4)c3)c3ccc4c5c(-c6ccc7c8ccccc8c8ccccc8c7c6)cc6ccccc6c5n(-c5ccccc5)c4c3)cc2)cc1. The van der Waals surface area contributed by atoms with E-state index in [4.69, 9.17) is 0 Å². The smallest absolute Gasteiger partial charge is 0.0625 e. The van der Waals surface area contributed by atoms with Gasteiger partial charge in [0.15, 0.2) is 0 Å². The fourth-order valence-electron chi connectivity index (χ4n) is 10.5. The molecule has 0 unspecified atom stereocenters. The van der Waals surface area contributed by atoms with Crippen LogP contribution in [0.1, 0.15) is 0 Å². The van der Waals surface area contributed by atoms with Crippen LogP contribution in [-0.2, 0) is 0 Å². The lowest BCUT2D eigenvalue weighted by atomic mass is 9.90. The molecule has 1 aromatic heterocycles. The van der Waals surface area contributed by atoms with E-state index in [0.29, 0.717) is 0 Å². The molecule has 0 N–H and O–H groups in total. The number of nitrogens with zero attached hydrogens (tertiary/aromatic N) is 2. The third kappa shape index (κ3) is 6.18. The fourth-order valence-corrected chi connectivity index (χ4v) is 10.5. The van der Waals surface area contributed by atoms with Crippen LogP contribution >= 0.6 is 0 Å². The van der Waals surface area contributed by atoms with Crippen molar-refractivity contribution in [2.45, 2.75) is 0 Å². The second kappa shape index (κ2) is 15.5. The fraction of sp³-hybridized carbons (Fsp3) is 0. The highest BCUT2D eigenvalue weighted by Crippen LogP contribution is 2.47. The minimum Gasteiger partial charge on any atom is -0.310 e. The molecule has 0 amide bonds. The first-order valence-corrected chi connectivity index (χ1v) is 22.8. The van der Waals surface area contributed by atoms with Gasteiger partial charge in [-0.1, -0.05) is 194 Å². The van der Waals surface area contributed by atoms with Crippen molar-refractivity contribution < 1.29 is 0 Å². The Morgan fingerprint density at radius 2 is 0.758 bits per heavy atom. The largest absolute Gasteiger partial charge is 0.310 e. The van der Waals surface area contributed by atoms with E-state index in [1.54, 1.807) is 0 Å². The second-order valence-electron chi connectivity index (χ2n) is 17.3. The molecule has 0 spiro atoms. The van der Waals surface area contributed by atoms with E-state index in [1.807, 2.05) is 0 Å². The van der Waals surface area contributed by atoms with E-state index < -0.39 is 0 Å². The molecule has 0 fully saturated rings. The molecule has 13 rings (SSSR count). The number of benzene rings is 12. The van der Waals surface area contributed by atoms with E-state index in [9.17, 15) is 0 Å². The lowest BCUT2D eigenvalue weighted by Crippen LogP contribution is -2.10. The summed E-state index contributed by atoms with van der Waals surface area (Å²) >= 11 is 0. The highest BCUT2D eigenvalue weighted by molar-refractivity contribution is 6.28. The summed E-state index contributed by atoms with van der Waals surface area (Å²) in [5.41, 5.74) is 13.9. The topological polar surface area (TPSA) is 8.17 Å². The number of rotatable bonds is 7. The lowest BCUT2D eigenvalue weighted by molar-refractivity contribution is 1.18. The average Bonchev–Trinajstić information content (AvgIpc) is 3.74. The molecule has 308 valence electrons. The number of anilines is 3. The van der Waals surface area contributed by atoms with Crippen LogP contribution in [0.5, 0.6) is 0 Å². The minimum atomic E-state index is 1.08. The Hall–Kier alpha value is -8.72. The molecule has 0 saturated carbocycles. The monoisotopic (exact) mass is 838 g/mol. The zero-order valence-electron chi connectivity index (χ0n) is 36.1. The molecular weight excluding hydrogens is 797 g/mol. The van der Waals surface area contributed by atoms with Crippen molar-refractivity contribution in [2.24, 2.45) is 0 Å². The summed E-state index contributed by atoms with van der Waals surface area (Å²) in [6.07, 6.45) is 0. The highest BCUT2D eigenvalue weighted by atomic mass is 15.1. The summed E-state index contributed by atoms with van der Waals surface area (Å²) in [6, 6.07) is 93.3. The third-order valence-electron chi connectivity index (χ3n) is 13.5. The summed E-state index contributed by atoms with van der Waals surface area (Å²) in [7, 11) is 0. The van der Waals surface area contributed by atoms with Crippen LogP contribution in [0, 0.1) is 0 Å². The first-order chi connectivity index (χ1) is 32.7. The van der Waals surface area contributed by atoms with Crippen LogP contribution in [0.25, 0.3) is 104 Å². The van der Waals surface area contributed by atoms with Crippen molar-refractivity contribution in [2.75, 3.05) is 4.90 Å². The molecule has 12 aromatic carbocycles. The second-order valence-corrected chi connectivity index (χ2v) is 17.3. The number of para-hydroxylation sites is 1. The molecule has 66 heavy (non-hydrogen) atoms. The highest BCUT2D eigenvalue weighted by Gasteiger charge is 2.23. The molecule has 0 saturated heterocycles. The van der Waals surface area contributed by atoms with Gasteiger partial charge in [0.1, 0.15) is 0 Å². The summed E-state index contributed by atoms with van der Waals surface area (Å²) in [6.45, 7) is 0. The molecule has 0 aliphatic heterocycles. The van der Waals surface area contributed by atoms with Gasteiger partial charge in [0.2, 0.25) is 0 Å². The van der Waals surface area contributed by atoms with Crippen molar-refractivity contribution in [3.63, 3.8) is 0 Å². The van der Waals surface area contributed by atoms with Crippen molar-refractivity contribution in [1.29, 1.82) is 0 Å². The Kier molecular flexibility index (Phi) is 8.89. The van der Waals surface area contributed by atoms with Crippen molar-refractivity contribution in [3.05, 3.63) is 255 Å².